The molecule has 0 amide bonds. The topological polar surface area (TPSA) is 53.2 Å². The zero-order valence-corrected chi connectivity index (χ0v) is 14.5. The Morgan fingerprint density at radius 2 is 2.00 bits per heavy atom. The summed E-state index contributed by atoms with van der Waals surface area (Å²) in [5, 5.41) is 0. The SMILES string of the molecule is COC1=CC(c2ccc[nH]2)=N/C1=C(/C)c1[nH]c(C)c2c1CCCC2. The highest BCUT2D eigenvalue weighted by molar-refractivity contribution is 6.11. The number of nitrogens with one attached hydrogen (secondary N) is 2. The molecule has 24 heavy (non-hydrogen) atoms. The first-order valence-corrected chi connectivity index (χ1v) is 8.59. The van der Waals surface area contributed by atoms with Gasteiger partial charge in [-0.3, -0.25) is 0 Å². The molecule has 0 unspecified atom stereocenters. The van der Waals surface area contributed by atoms with Crippen molar-refractivity contribution in [3.63, 3.8) is 0 Å². The van der Waals surface area contributed by atoms with Crippen molar-refractivity contribution in [3.05, 3.63) is 64.1 Å². The van der Waals surface area contributed by atoms with Crippen LogP contribution in [0.5, 0.6) is 0 Å². The van der Waals surface area contributed by atoms with Crippen LogP contribution in [0.2, 0.25) is 0 Å². The van der Waals surface area contributed by atoms with E-state index in [2.05, 4.69) is 23.8 Å². The molecule has 1 aliphatic heterocycles. The van der Waals surface area contributed by atoms with Crippen LogP contribution in [0.25, 0.3) is 5.57 Å². The molecule has 0 atom stereocenters. The van der Waals surface area contributed by atoms with E-state index in [1.807, 2.05) is 24.4 Å². The normalized spacial score (nSPS) is 19.0. The summed E-state index contributed by atoms with van der Waals surface area (Å²) in [7, 11) is 1.71. The minimum absolute atomic E-state index is 0.828. The summed E-state index contributed by atoms with van der Waals surface area (Å²) < 4.78 is 5.61. The fourth-order valence-corrected chi connectivity index (χ4v) is 3.82. The summed E-state index contributed by atoms with van der Waals surface area (Å²) in [4.78, 5) is 11.7. The third-order valence-corrected chi connectivity index (χ3v) is 5.09. The van der Waals surface area contributed by atoms with Crippen molar-refractivity contribution in [1.29, 1.82) is 0 Å². The van der Waals surface area contributed by atoms with Crippen molar-refractivity contribution in [2.45, 2.75) is 39.5 Å². The minimum atomic E-state index is 0.828. The maximum Gasteiger partial charge on any atom is 0.147 e. The summed E-state index contributed by atoms with van der Waals surface area (Å²) in [5.74, 6) is 0.828. The van der Waals surface area contributed by atoms with Gasteiger partial charge >= 0.3 is 0 Å². The van der Waals surface area contributed by atoms with Crippen molar-refractivity contribution in [2.24, 2.45) is 4.99 Å². The molecule has 4 heteroatoms. The van der Waals surface area contributed by atoms with Gasteiger partial charge in [-0.1, -0.05) is 0 Å². The number of hydrogen-bond donors (Lipinski definition) is 2. The Kier molecular flexibility index (Phi) is 3.68. The van der Waals surface area contributed by atoms with Crippen LogP contribution in [0, 0.1) is 6.92 Å². The molecule has 0 bridgehead atoms. The highest BCUT2D eigenvalue weighted by Gasteiger charge is 2.24. The molecule has 0 spiro atoms. The zero-order valence-electron chi connectivity index (χ0n) is 14.5. The van der Waals surface area contributed by atoms with Gasteiger partial charge in [-0.25, -0.2) is 4.99 Å². The predicted octanol–water partition coefficient (Wildman–Crippen LogP) is 4.29. The van der Waals surface area contributed by atoms with Gasteiger partial charge in [0, 0.05) is 29.2 Å². The summed E-state index contributed by atoms with van der Waals surface area (Å²) in [6.07, 6.45) is 8.82. The summed E-state index contributed by atoms with van der Waals surface area (Å²) in [6.45, 7) is 4.32. The standard InChI is InChI=1S/C20H23N3O/c1-12(19-15-8-5-4-7-14(15)13(2)22-19)20-18(24-3)11-17(23-20)16-9-6-10-21-16/h6,9-11,21-22H,4-5,7-8H2,1-3H3/b20-12-. The summed E-state index contributed by atoms with van der Waals surface area (Å²) in [5.41, 5.74) is 9.53. The lowest BCUT2D eigenvalue weighted by atomic mass is 9.90. The van der Waals surface area contributed by atoms with Crippen LogP contribution in [0.1, 0.15) is 48.0 Å². The molecule has 2 aromatic rings. The zero-order chi connectivity index (χ0) is 16.7. The molecular formula is C20H23N3O. The van der Waals surface area contributed by atoms with E-state index in [9.17, 15) is 0 Å². The molecule has 1 aliphatic carbocycles. The number of aromatic amines is 2. The van der Waals surface area contributed by atoms with E-state index in [0.29, 0.717) is 0 Å². The molecule has 2 aromatic heterocycles. The van der Waals surface area contributed by atoms with Gasteiger partial charge in [0.25, 0.3) is 0 Å². The van der Waals surface area contributed by atoms with Gasteiger partial charge in [0.05, 0.1) is 18.5 Å². The average molecular weight is 321 g/mol. The molecule has 0 saturated heterocycles. The Labute approximate surface area is 142 Å². The Bertz CT molecular complexity index is 863. The highest BCUT2D eigenvalue weighted by Crippen LogP contribution is 2.35. The van der Waals surface area contributed by atoms with Gasteiger partial charge in [0.2, 0.25) is 0 Å². The average Bonchev–Trinajstić information content (AvgIpc) is 3.33. The number of allylic oxidation sites excluding steroid dienone is 2. The lowest BCUT2D eigenvalue weighted by Gasteiger charge is -2.14. The molecule has 4 rings (SSSR count). The Morgan fingerprint density at radius 3 is 2.71 bits per heavy atom. The first-order chi connectivity index (χ1) is 11.7. The number of rotatable bonds is 3. The van der Waals surface area contributed by atoms with E-state index in [1.54, 1.807) is 7.11 Å². The predicted molar refractivity (Wildman–Crippen MR) is 97.2 cm³/mol. The quantitative estimate of drug-likeness (QED) is 0.870. The van der Waals surface area contributed by atoms with Gasteiger partial charge in [0.15, 0.2) is 0 Å². The molecule has 124 valence electrons. The second kappa shape index (κ2) is 5.86. The van der Waals surface area contributed by atoms with Crippen molar-refractivity contribution < 1.29 is 4.74 Å². The van der Waals surface area contributed by atoms with Crippen molar-refractivity contribution in [3.8, 4) is 0 Å². The van der Waals surface area contributed by atoms with Crippen molar-refractivity contribution in [2.75, 3.05) is 7.11 Å². The molecule has 4 nitrogen and oxygen atoms in total. The van der Waals surface area contributed by atoms with Crippen LogP contribution in [0.15, 0.2) is 40.9 Å². The number of methoxy groups -OCH3 is 1. The number of ether oxygens (including phenoxy) is 1. The largest absolute Gasteiger partial charge is 0.494 e. The van der Waals surface area contributed by atoms with Crippen LogP contribution >= 0.6 is 0 Å². The van der Waals surface area contributed by atoms with E-state index in [-0.39, 0.29) is 0 Å². The van der Waals surface area contributed by atoms with Gasteiger partial charge in [-0.05, 0) is 62.8 Å². The van der Waals surface area contributed by atoms with Crippen molar-refractivity contribution >= 4 is 11.3 Å². The van der Waals surface area contributed by atoms with E-state index in [4.69, 9.17) is 9.73 Å². The van der Waals surface area contributed by atoms with Crippen LogP contribution in [0.3, 0.4) is 0 Å². The second-order valence-electron chi connectivity index (χ2n) is 6.56. The number of fused-ring (bicyclic) bond motifs is 1. The molecule has 2 N–H and O–H groups in total. The maximum absolute atomic E-state index is 5.61. The number of aryl methyl sites for hydroxylation is 1. The summed E-state index contributed by atoms with van der Waals surface area (Å²) >= 11 is 0. The van der Waals surface area contributed by atoms with Crippen LogP contribution in [-0.4, -0.2) is 22.8 Å². The Morgan fingerprint density at radius 1 is 1.21 bits per heavy atom. The number of aliphatic imine (C=N–C) groups is 1. The fourth-order valence-electron chi connectivity index (χ4n) is 3.82. The minimum Gasteiger partial charge on any atom is -0.494 e. The molecule has 0 radical (unpaired) electrons. The molecule has 0 aromatic carbocycles. The maximum atomic E-state index is 5.61. The van der Waals surface area contributed by atoms with Gasteiger partial charge in [-0.15, -0.1) is 0 Å². The molecule has 3 heterocycles. The third-order valence-electron chi connectivity index (χ3n) is 5.09. The second-order valence-corrected chi connectivity index (χ2v) is 6.56. The fraction of sp³-hybridized carbons (Fsp3) is 0.350. The Hall–Kier alpha value is -2.49. The van der Waals surface area contributed by atoms with Crippen LogP contribution in [-0.2, 0) is 17.6 Å². The lowest BCUT2D eigenvalue weighted by Crippen LogP contribution is -2.02. The van der Waals surface area contributed by atoms with Crippen LogP contribution in [0.4, 0.5) is 0 Å². The van der Waals surface area contributed by atoms with Gasteiger partial charge in [0.1, 0.15) is 11.5 Å². The highest BCUT2D eigenvalue weighted by atomic mass is 16.5. The first-order valence-electron chi connectivity index (χ1n) is 8.59. The first kappa shape index (κ1) is 15.1. The Balaban J connectivity index is 1.83. The van der Waals surface area contributed by atoms with Crippen molar-refractivity contribution in [1.82, 2.24) is 9.97 Å². The monoisotopic (exact) mass is 321 g/mol. The number of hydrogen-bond acceptors (Lipinski definition) is 2. The molecule has 0 fully saturated rings. The van der Waals surface area contributed by atoms with E-state index >= 15 is 0 Å². The molecule has 2 aliphatic rings. The van der Waals surface area contributed by atoms with E-state index < -0.39 is 0 Å². The lowest BCUT2D eigenvalue weighted by molar-refractivity contribution is 0.302. The van der Waals surface area contributed by atoms with E-state index in [1.165, 1.54) is 41.8 Å². The van der Waals surface area contributed by atoms with Gasteiger partial charge in [-0.2, -0.15) is 0 Å². The van der Waals surface area contributed by atoms with Gasteiger partial charge < -0.3 is 14.7 Å². The molecular weight excluding hydrogens is 298 g/mol. The number of nitrogens with zero attached hydrogens (tertiary/aromatic N) is 1. The summed E-state index contributed by atoms with van der Waals surface area (Å²) in [6, 6.07) is 4.01. The van der Waals surface area contributed by atoms with E-state index in [0.717, 1.165) is 34.9 Å². The number of H-pyrrole nitrogens is 2. The smallest absolute Gasteiger partial charge is 0.147 e. The molecule has 0 saturated carbocycles. The van der Waals surface area contributed by atoms with Crippen LogP contribution < -0.4 is 0 Å². The third kappa shape index (κ3) is 2.33. The number of aromatic nitrogens is 2.